The third kappa shape index (κ3) is 6.18. The Balaban J connectivity index is 0.000000673. The Hall–Kier alpha value is -1.37. The molecule has 0 bridgehead atoms. The summed E-state index contributed by atoms with van der Waals surface area (Å²) in [6.07, 6.45) is 0.968. The molecule has 0 aliphatic rings. The Kier molecular flexibility index (Phi) is 6.40. The van der Waals surface area contributed by atoms with Crippen molar-refractivity contribution < 1.29 is 18.1 Å². The zero-order chi connectivity index (χ0) is 12.6. The van der Waals surface area contributed by atoms with Crippen molar-refractivity contribution in [2.75, 3.05) is 6.54 Å². The molecule has 0 spiro atoms. The van der Waals surface area contributed by atoms with E-state index in [-0.39, 0.29) is 0 Å². The fraction of sp³-hybridized carbons (Fsp3) is 0.200. The molecule has 1 aromatic carbocycles. The van der Waals surface area contributed by atoms with Gasteiger partial charge in [-0.25, -0.2) is 0 Å². The molecule has 0 saturated carbocycles. The van der Waals surface area contributed by atoms with E-state index in [1.165, 1.54) is 0 Å². The monoisotopic (exact) mass is 245 g/mol. The Morgan fingerprint density at radius 2 is 1.81 bits per heavy atom. The van der Waals surface area contributed by atoms with Crippen molar-refractivity contribution in [3.63, 3.8) is 0 Å². The molecule has 0 aliphatic carbocycles. The van der Waals surface area contributed by atoms with Crippen molar-refractivity contribution in [1.82, 2.24) is 0 Å². The van der Waals surface area contributed by atoms with Crippen molar-refractivity contribution in [2.24, 2.45) is 5.73 Å². The molecule has 0 heterocycles. The third-order valence-corrected chi connectivity index (χ3v) is 2.00. The molecule has 0 radical (unpaired) electrons. The first-order valence-electron chi connectivity index (χ1n) is 4.55. The van der Waals surface area contributed by atoms with Gasteiger partial charge in [-0.1, -0.05) is 37.3 Å². The molecular formula is C10H15NO4S. The first-order chi connectivity index (χ1) is 7.41. The van der Waals surface area contributed by atoms with Crippen LogP contribution in [0.4, 0.5) is 0 Å². The van der Waals surface area contributed by atoms with Crippen LogP contribution in [0.1, 0.15) is 12.5 Å². The number of hydrogen-bond donors (Lipinski definition) is 3. The van der Waals surface area contributed by atoms with Crippen molar-refractivity contribution in [1.29, 1.82) is 0 Å². The maximum absolute atomic E-state index is 10.4. The van der Waals surface area contributed by atoms with E-state index in [9.17, 15) is 8.42 Å². The van der Waals surface area contributed by atoms with Gasteiger partial charge in [0.05, 0.1) is 0 Å². The Morgan fingerprint density at radius 1 is 1.38 bits per heavy atom. The van der Waals surface area contributed by atoms with Crippen molar-refractivity contribution in [3.8, 4) is 0 Å². The Bertz CT molecular complexity index is 425. The minimum Gasteiger partial charge on any atom is -0.497 e. The summed E-state index contributed by atoms with van der Waals surface area (Å²) >= 11 is 0. The summed E-state index contributed by atoms with van der Waals surface area (Å²) < 4.78 is 29.1. The predicted molar refractivity (Wildman–Crippen MR) is 63.3 cm³/mol. The Morgan fingerprint density at radius 3 is 2.19 bits per heavy atom. The van der Waals surface area contributed by atoms with Gasteiger partial charge in [-0.2, -0.15) is 8.42 Å². The van der Waals surface area contributed by atoms with Crippen LogP contribution in [0.15, 0.2) is 35.4 Å². The molecule has 1 aromatic rings. The van der Waals surface area contributed by atoms with Gasteiger partial charge in [-0.15, -0.1) is 0 Å². The maximum atomic E-state index is 10.4. The largest absolute Gasteiger partial charge is 0.497 e. The zero-order valence-corrected chi connectivity index (χ0v) is 9.68. The second-order valence-corrected chi connectivity index (χ2v) is 4.14. The number of aliphatic hydroxyl groups is 1. The van der Waals surface area contributed by atoms with Crippen LogP contribution in [0.2, 0.25) is 0 Å². The fourth-order valence-corrected chi connectivity index (χ4v) is 1.05. The second kappa shape index (κ2) is 7.00. The van der Waals surface area contributed by atoms with E-state index < -0.39 is 15.2 Å². The van der Waals surface area contributed by atoms with Gasteiger partial charge in [0.2, 0.25) is 5.09 Å². The zero-order valence-electron chi connectivity index (χ0n) is 8.87. The van der Waals surface area contributed by atoms with Crippen molar-refractivity contribution in [3.05, 3.63) is 41.0 Å². The summed E-state index contributed by atoms with van der Waals surface area (Å²) in [6, 6.07) is 8.32. The topological polar surface area (TPSA) is 101 Å². The summed E-state index contributed by atoms with van der Waals surface area (Å²) in [7, 11) is -4.48. The van der Waals surface area contributed by atoms with Crippen LogP contribution in [-0.2, 0) is 10.1 Å². The van der Waals surface area contributed by atoms with Crippen LogP contribution in [0, 0.1) is 0 Å². The van der Waals surface area contributed by atoms with Crippen LogP contribution < -0.4 is 5.73 Å². The van der Waals surface area contributed by atoms with Crippen LogP contribution in [0.3, 0.4) is 0 Å². The van der Waals surface area contributed by atoms with Gasteiger partial charge in [-0.3, -0.25) is 4.55 Å². The van der Waals surface area contributed by atoms with Crippen molar-refractivity contribution in [2.45, 2.75) is 6.92 Å². The highest BCUT2D eigenvalue weighted by atomic mass is 32.2. The quantitative estimate of drug-likeness (QED) is 0.540. The van der Waals surface area contributed by atoms with Gasteiger partial charge in [0.15, 0.2) is 0 Å². The average molecular weight is 245 g/mol. The highest BCUT2D eigenvalue weighted by Gasteiger charge is 2.10. The molecule has 0 fully saturated rings. The number of rotatable bonds is 2. The van der Waals surface area contributed by atoms with Gasteiger partial charge in [0.1, 0.15) is 0 Å². The Labute approximate surface area is 95.0 Å². The first kappa shape index (κ1) is 14.6. The molecule has 6 heteroatoms. The summed E-state index contributed by atoms with van der Waals surface area (Å²) in [5.41, 5.74) is 5.35. The normalized spacial score (nSPS) is 11.6. The van der Waals surface area contributed by atoms with E-state index >= 15 is 0 Å². The summed E-state index contributed by atoms with van der Waals surface area (Å²) in [5, 5.41) is 7.81. The van der Waals surface area contributed by atoms with Crippen LogP contribution in [0.5, 0.6) is 0 Å². The molecule has 0 unspecified atom stereocenters. The molecule has 0 amide bonds. The molecule has 5 nitrogen and oxygen atoms in total. The van der Waals surface area contributed by atoms with E-state index in [1.807, 2.05) is 6.92 Å². The minimum atomic E-state index is -4.48. The fourth-order valence-electron chi connectivity index (χ4n) is 0.766. The predicted octanol–water partition coefficient (Wildman–Crippen LogP) is 1.40. The van der Waals surface area contributed by atoms with E-state index in [0.717, 1.165) is 12.6 Å². The number of nitrogens with two attached hydrogens (primary N) is 1. The number of benzene rings is 1. The van der Waals surface area contributed by atoms with Gasteiger partial charge < -0.3 is 10.8 Å². The number of hydrogen-bond acceptors (Lipinski definition) is 4. The standard InChI is InChI=1S/C8H8O4S.C2H7N/c9-8(13(10,11)12)6-7-4-2-1-3-5-7;1-2-3/h1-6,9H,(H,10,11,12);2-3H2,1H3. The first-order valence-corrected chi connectivity index (χ1v) is 5.99. The van der Waals surface area contributed by atoms with E-state index in [4.69, 9.17) is 15.4 Å². The smallest absolute Gasteiger partial charge is 0.327 e. The van der Waals surface area contributed by atoms with E-state index in [1.54, 1.807) is 30.3 Å². The summed E-state index contributed by atoms with van der Waals surface area (Å²) in [5.74, 6) is 0. The van der Waals surface area contributed by atoms with Crippen molar-refractivity contribution >= 4 is 16.2 Å². The lowest BCUT2D eigenvalue weighted by Crippen LogP contribution is -2.00. The van der Waals surface area contributed by atoms with Crippen LogP contribution >= 0.6 is 0 Å². The lowest BCUT2D eigenvalue weighted by Gasteiger charge is -1.94. The highest BCUT2D eigenvalue weighted by Crippen LogP contribution is 2.07. The summed E-state index contributed by atoms with van der Waals surface area (Å²) in [4.78, 5) is 0. The highest BCUT2D eigenvalue weighted by molar-refractivity contribution is 7.89. The third-order valence-electron chi connectivity index (χ3n) is 1.35. The summed E-state index contributed by atoms with van der Waals surface area (Å²) in [6.45, 7) is 2.65. The molecule has 0 aliphatic heterocycles. The van der Waals surface area contributed by atoms with Gasteiger partial charge in [-0.05, 0) is 12.1 Å². The molecule has 0 saturated heterocycles. The van der Waals surface area contributed by atoms with E-state index in [0.29, 0.717) is 5.56 Å². The average Bonchev–Trinajstić information content (AvgIpc) is 2.19. The maximum Gasteiger partial charge on any atom is 0.327 e. The van der Waals surface area contributed by atoms with Gasteiger partial charge in [0, 0.05) is 6.08 Å². The van der Waals surface area contributed by atoms with Gasteiger partial charge >= 0.3 is 10.1 Å². The molecule has 0 aromatic heterocycles. The number of aliphatic hydroxyl groups excluding tert-OH is 1. The second-order valence-electron chi connectivity index (χ2n) is 2.78. The molecule has 0 atom stereocenters. The minimum absolute atomic E-state index is 0.498. The molecule has 16 heavy (non-hydrogen) atoms. The molecule has 90 valence electrons. The lowest BCUT2D eigenvalue weighted by atomic mass is 10.2. The SMILES string of the molecule is CCN.O=S(=O)(O)C(O)=Cc1ccccc1. The molecule has 1 rings (SSSR count). The van der Waals surface area contributed by atoms with Crippen LogP contribution in [0.25, 0.3) is 6.08 Å². The van der Waals surface area contributed by atoms with Crippen LogP contribution in [-0.4, -0.2) is 24.6 Å². The van der Waals surface area contributed by atoms with Gasteiger partial charge in [0.25, 0.3) is 0 Å². The van der Waals surface area contributed by atoms with E-state index in [2.05, 4.69) is 0 Å². The lowest BCUT2D eigenvalue weighted by molar-refractivity contribution is 0.409. The molecule has 4 N–H and O–H groups in total. The molecular weight excluding hydrogens is 230 g/mol.